The van der Waals surface area contributed by atoms with Gasteiger partial charge in [0, 0.05) is 18.2 Å². The summed E-state index contributed by atoms with van der Waals surface area (Å²) in [5.41, 5.74) is 1.62. The number of carbonyl (C=O) groups is 2. The number of carboxylic acid groups (broad SMARTS) is 1. The fourth-order valence-corrected chi connectivity index (χ4v) is 5.45. The Kier molecular flexibility index (Phi) is 7.34. The number of hydrogen-bond donors (Lipinski definition) is 3. The molecule has 0 radical (unpaired) electrons. The summed E-state index contributed by atoms with van der Waals surface area (Å²) in [6.45, 7) is 0. The largest absolute Gasteiger partial charge is 0.481 e. The number of benzene rings is 1. The molecule has 2 aromatic heterocycles. The first-order valence-electron chi connectivity index (χ1n) is 12.8. The zero-order chi connectivity index (χ0) is 25.7. The number of pyridine rings is 1. The van der Waals surface area contributed by atoms with Crippen molar-refractivity contribution in [2.45, 2.75) is 63.9 Å². The van der Waals surface area contributed by atoms with Crippen LogP contribution in [-0.2, 0) is 4.79 Å². The minimum Gasteiger partial charge on any atom is -0.481 e. The molecule has 0 atom stereocenters. The summed E-state index contributed by atoms with van der Waals surface area (Å²) in [7, 11) is 0. The molecule has 0 bridgehead atoms. The van der Waals surface area contributed by atoms with Crippen LogP contribution in [0.15, 0.2) is 53.1 Å². The van der Waals surface area contributed by atoms with E-state index in [4.69, 9.17) is 14.3 Å². The zero-order valence-corrected chi connectivity index (χ0v) is 20.6. The zero-order valence-electron chi connectivity index (χ0n) is 20.6. The maximum Gasteiger partial charge on any atom is 0.320 e. The van der Waals surface area contributed by atoms with E-state index in [0.717, 1.165) is 57.1 Å². The second-order valence-corrected chi connectivity index (χ2v) is 10.1. The first-order chi connectivity index (χ1) is 18.0. The van der Waals surface area contributed by atoms with E-state index in [0.29, 0.717) is 29.3 Å². The minimum absolute atomic E-state index is 0.115. The smallest absolute Gasteiger partial charge is 0.320 e. The van der Waals surface area contributed by atoms with Crippen LogP contribution in [0.5, 0.6) is 5.88 Å². The van der Waals surface area contributed by atoms with Crippen molar-refractivity contribution in [1.82, 2.24) is 15.2 Å². The second kappa shape index (κ2) is 11.0. The fraction of sp³-hybridized carbons (Fsp3) is 0.444. The highest BCUT2D eigenvalue weighted by atomic mass is 16.5. The van der Waals surface area contributed by atoms with Gasteiger partial charge in [-0.25, -0.2) is 4.98 Å². The van der Waals surface area contributed by atoms with Gasteiger partial charge in [-0.15, -0.1) is 5.10 Å². The molecule has 2 heterocycles. The third-order valence-electron chi connectivity index (χ3n) is 7.55. The van der Waals surface area contributed by atoms with Gasteiger partial charge in [-0.1, -0.05) is 23.3 Å². The lowest BCUT2D eigenvalue weighted by molar-refractivity contribution is -0.138. The van der Waals surface area contributed by atoms with Crippen LogP contribution in [0, 0.1) is 11.3 Å². The molecule has 1 spiro atoms. The summed E-state index contributed by atoms with van der Waals surface area (Å²) in [5.74, 6) is -0.521. The highest BCUT2D eigenvalue weighted by Crippen LogP contribution is 2.49. The molecule has 2 aliphatic carbocycles. The lowest BCUT2D eigenvalue weighted by Crippen LogP contribution is -2.35. The van der Waals surface area contributed by atoms with Crippen LogP contribution in [0.25, 0.3) is 0 Å². The molecular weight excluding hydrogens is 474 g/mol. The second-order valence-electron chi connectivity index (χ2n) is 10.1. The van der Waals surface area contributed by atoms with Crippen molar-refractivity contribution in [3.8, 4) is 5.88 Å². The summed E-state index contributed by atoms with van der Waals surface area (Å²) in [6, 6.07) is 12.9. The van der Waals surface area contributed by atoms with Gasteiger partial charge >= 0.3 is 23.8 Å². The van der Waals surface area contributed by atoms with E-state index in [2.05, 4.69) is 25.8 Å². The third-order valence-corrected chi connectivity index (χ3v) is 7.55. The fourth-order valence-electron chi connectivity index (χ4n) is 5.45. The predicted molar refractivity (Wildman–Crippen MR) is 136 cm³/mol. The quantitative estimate of drug-likeness (QED) is 0.365. The van der Waals surface area contributed by atoms with Gasteiger partial charge in [0.25, 0.3) is 0 Å². The van der Waals surface area contributed by atoms with Crippen molar-refractivity contribution in [2.24, 2.45) is 11.3 Å². The van der Waals surface area contributed by atoms with Gasteiger partial charge in [-0.3, -0.25) is 9.59 Å². The summed E-state index contributed by atoms with van der Waals surface area (Å²) in [6.07, 6.45) is 10.4. The van der Waals surface area contributed by atoms with Crippen LogP contribution in [0.2, 0.25) is 0 Å². The standard InChI is InChI=1S/C27H31N5O5/c33-23(34)16-18-8-12-27(13-9-18)14-10-21(11-15-27)36-22-7-6-20(17-28-22)29-24(35)25-31-32-26(37-25)30-19-4-2-1-3-5-19/h1-7,17-18,21H,8-16H2,(H,29,35)(H,30,32)(H,33,34). The van der Waals surface area contributed by atoms with Gasteiger partial charge in [0.05, 0.1) is 11.9 Å². The lowest BCUT2D eigenvalue weighted by Gasteiger charge is -2.44. The van der Waals surface area contributed by atoms with Crippen molar-refractivity contribution in [3.05, 3.63) is 54.6 Å². The van der Waals surface area contributed by atoms with E-state index < -0.39 is 11.9 Å². The molecular formula is C27H31N5O5. The first kappa shape index (κ1) is 24.7. The maximum absolute atomic E-state index is 12.5. The van der Waals surface area contributed by atoms with Gasteiger partial charge in [0.15, 0.2) is 0 Å². The molecule has 0 saturated heterocycles. The Hall–Kier alpha value is -3.95. The number of amides is 1. The Morgan fingerprint density at radius 3 is 2.38 bits per heavy atom. The molecule has 2 aliphatic rings. The van der Waals surface area contributed by atoms with Gasteiger partial charge in [-0.05, 0) is 80.9 Å². The molecule has 5 rings (SSSR count). The number of nitrogens with one attached hydrogen (secondary N) is 2. The van der Waals surface area contributed by atoms with E-state index in [1.165, 1.54) is 0 Å². The average Bonchev–Trinajstić information content (AvgIpc) is 3.37. The molecule has 10 heteroatoms. The number of hydrogen-bond acceptors (Lipinski definition) is 8. The summed E-state index contributed by atoms with van der Waals surface area (Å²) in [4.78, 5) is 27.8. The van der Waals surface area contributed by atoms with Crippen molar-refractivity contribution in [2.75, 3.05) is 10.6 Å². The van der Waals surface area contributed by atoms with E-state index >= 15 is 0 Å². The topological polar surface area (TPSA) is 139 Å². The lowest BCUT2D eigenvalue weighted by atomic mass is 9.62. The summed E-state index contributed by atoms with van der Waals surface area (Å²) < 4.78 is 11.5. The van der Waals surface area contributed by atoms with E-state index in [9.17, 15) is 9.59 Å². The number of ether oxygens (including phenoxy) is 1. The van der Waals surface area contributed by atoms with Crippen molar-refractivity contribution < 1.29 is 23.8 Å². The number of anilines is 3. The van der Waals surface area contributed by atoms with Gasteiger partial charge in [0.1, 0.15) is 6.10 Å². The van der Waals surface area contributed by atoms with E-state index in [-0.39, 0.29) is 18.0 Å². The van der Waals surface area contributed by atoms with Gasteiger partial charge in [-0.2, -0.15) is 0 Å². The Bertz CT molecular complexity index is 1200. The van der Waals surface area contributed by atoms with Crippen LogP contribution in [0.1, 0.15) is 68.5 Å². The number of para-hydroxylation sites is 1. The number of nitrogens with zero attached hydrogens (tertiary/aromatic N) is 3. The third kappa shape index (κ3) is 6.44. The van der Waals surface area contributed by atoms with E-state index in [1.54, 1.807) is 18.3 Å². The SMILES string of the molecule is O=C(O)CC1CCC2(CC1)CCC(Oc1ccc(NC(=O)c3nnc(Nc4ccccc4)o3)cn1)CC2. The number of aromatic nitrogens is 3. The average molecular weight is 506 g/mol. The van der Waals surface area contributed by atoms with Crippen LogP contribution >= 0.6 is 0 Å². The van der Waals surface area contributed by atoms with Crippen LogP contribution in [0.4, 0.5) is 17.4 Å². The number of aliphatic carboxylic acids is 1. The number of carboxylic acids is 1. The number of carbonyl (C=O) groups excluding carboxylic acids is 1. The molecule has 1 amide bonds. The molecule has 1 aromatic carbocycles. The molecule has 37 heavy (non-hydrogen) atoms. The molecule has 2 saturated carbocycles. The van der Waals surface area contributed by atoms with E-state index in [1.807, 2.05) is 30.3 Å². The first-order valence-corrected chi connectivity index (χ1v) is 12.8. The monoisotopic (exact) mass is 505 g/mol. The molecule has 194 valence electrons. The van der Waals surface area contributed by atoms with Crippen LogP contribution in [0.3, 0.4) is 0 Å². The van der Waals surface area contributed by atoms with Gasteiger partial charge in [0.2, 0.25) is 5.88 Å². The maximum atomic E-state index is 12.5. The summed E-state index contributed by atoms with van der Waals surface area (Å²) >= 11 is 0. The number of rotatable bonds is 8. The normalized spacial score (nSPS) is 23.4. The van der Waals surface area contributed by atoms with Crippen molar-refractivity contribution in [3.63, 3.8) is 0 Å². The molecule has 0 unspecified atom stereocenters. The van der Waals surface area contributed by atoms with Crippen LogP contribution < -0.4 is 15.4 Å². The molecule has 0 aliphatic heterocycles. The van der Waals surface area contributed by atoms with Crippen LogP contribution in [-0.4, -0.2) is 38.3 Å². The molecule has 10 nitrogen and oxygen atoms in total. The highest BCUT2D eigenvalue weighted by Gasteiger charge is 2.39. The Morgan fingerprint density at radius 1 is 0.973 bits per heavy atom. The predicted octanol–water partition coefficient (Wildman–Crippen LogP) is 5.43. The van der Waals surface area contributed by atoms with Gasteiger partial charge < -0.3 is 24.9 Å². The molecule has 3 aromatic rings. The highest BCUT2D eigenvalue weighted by molar-refractivity contribution is 6.00. The van der Waals surface area contributed by atoms with Crippen molar-refractivity contribution >= 4 is 29.3 Å². The Morgan fingerprint density at radius 2 is 1.70 bits per heavy atom. The van der Waals surface area contributed by atoms with Crippen molar-refractivity contribution in [1.29, 1.82) is 0 Å². The minimum atomic E-state index is -0.684. The summed E-state index contributed by atoms with van der Waals surface area (Å²) in [5, 5.41) is 22.3. The molecule has 3 N–H and O–H groups in total. The Balaban J connectivity index is 1.08. The molecule has 2 fully saturated rings. The Labute approximate surface area is 214 Å².